The van der Waals surface area contributed by atoms with Gasteiger partial charge in [-0.3, -0.25) is 0 Å². The zero-order valence-corrected chi connectivity index (χ0v) is 9.56. The maximum Gasteiger partial charge on any atom is 0.180 e. The van der Waals surface area contributed by atoms with Crippen molar-refractivity contribution in [3.05, 3.63) is 17.7 Å². The number of nitrogens with two attached hydrogens (primary N) is 1. The first kappa shape index (κ1) is 12.6. The van der Waals surface area contributed by atoms with Crippen LogP contribution in [0.3, 0.4) is 0 Å². The minimum Gasteiger partial charge on any atom is -0.375 e. The quantitative estimate of drug-likeness (QED) is 0.594. The van der Waals surface area contributed by atoms with Crippen molar-refractivity contribution in [1.82, 2.24) is 10.4 Å². The van der Waals surface area contributed by atoms with E-state index >= 15 is 0 Å². The van der Waals surface area contributed by atoms with Gasteiger partial charge in [0.1, 0.15) is 0 Å². The number of thiazole rings is 1. The van der Waals surface area contributed by atoms with Gasteiger partial charge in [0.05, 0.1) is 11.9 Å². The van der Waals surface area contributed by atoms with Gasteiger partial charge in [-0.15, -0.1) is 11.3 Å². The Kier molecular flexibility index (Phi) is 6.39. The van der Waals surface area contributed by atoms with Crippen molar-refractivity contribution in [2.45, 2.75) is 13.8 Å². The number of rotatable bonds is 3. The van der Waals surface area contributed by atoms with E-state index in [1.165, 1.54) is 11.3 Å². The highest BCUT2D eigenvalue weighted by Crippen LogP contribution is 2.16. The molecule has 78 valence electrons. The summed E-state index contributed by atoms with van der Waals surface area (Å²) in [4.78, 5) is 4.04. The van der Waals surface area contributed by atoms with Crippen molar-refractivity contribution in [1.29, 1.82) is 0 Å². The summed E-state index contributed by atoms with van der Waals surface area (Å²) in [5, 5.41) is 6.20. The summed E-state index contributed by atoms with van der Waals surface area (Å²) in [5.74, 6) is 0. The standard InChI is InChI=1S/C7H10N4S.C2H6/c1-5(3-10-9-2)6-4-12-7(8)11-6;1-2/h3-4,9H,1H2,2H3,(H2,8,11);1-2H3/b10-3-;. The van der Waals surface area contributed by atoms with Crippen LogP contribution < -0.4 is 11.2 Å². The molecule has 0 aromatic carbocycles. The lowest BCUT2D eigenvalue weighted by Gasteiger charge is -1.91. The molecule has 0 bridgehead atoms. The molecule has 1 heterocycles. The molecule has 1 rings (SSSR count). The molecule has 0 radical (unpaired) electrons. The van der Waals surface area contributed by atoms with E-state index in [0.717, 1.165) is 11.3 Å². The van der Waals surface area contributed by atoms with E-state index < -0.39 is 0 Å². The van der Waals surface area contributed by atoms with Crippen molar-refractivity contribution in [2.24, 2.45) is 5.10 Å². The van der Waals surface area contributed by atoms with Crippen molar-refractivity contribution >= 4 is 28.3 Å². The second-order valence-electron chi connectivity index (χ2n) is 2.08. The number of hydrazone groups is 1. The highest BCUT2D eigenvalue weighted by atomic mass is 32.1. The Bertz CT molecular complexity index is 304. The smallest absolute Gasteiger partial charge is 0.180 e. The third-order valence-electron chi connectivity index (χ3n) is 1.20. The lowest BCUT2D eigenvalue weighted by Crippen LogP contribution is -1.95. The summed E-state index contributed by atoms with van der Waals surface area (Å²) in [6.45, 7) is 7.78. The molecule has 3 N–H and O–H groups in total. The molecular weight excluding hydrogens is 196 g/mol. The number of anilines is 1. The van der Waals surface area contributed by atoms with Crippen LogP contribution in [0.4, 0.5) is 5.13 Å². The van der Waals surface area contributed by atoms with Gasteiger partial charge in [-0.05, 0) is 0 Å². The molecule has 0 fully saturated rings. The van der Waals surface area contributed by atoms with Gasteiger partial charge >= 0.3 is 0 Å². The van der Waals surface area contributed by atoms with E-state index in [9.17, 15) is 0 Å². The SMILES string of the molecule is C=C(/C=N\NC)c1csc(N)n1.CC. The number of nitrogen functional groups attached to an aromatic ring is 1. The molecule has 0 unspecified atom stereocenters. The topological polar surface area (TPSA) is 63.3 Å². The zero-order chi connectivity index (χ0) is 11.0. The molecular formula is C9H16N4S. The number of hydrogen-bond donors (Lipinski definition) is 2. The molecule has 0 aliphatic rings. The predicted molar refractivity (Wildman–Crippen MR) is 64.5 cm³/mol. The molecule has 1 aromatic heterocycles. The summed E-state index contributed by atoms with van der Waals surface area (Å²) in [6.07, 6.45) is 1.61. The van der Waals surface area contributed by atoms with Crippen molar-refractivity contribution in [3.63, 3.8) is 0 Å². The van der Waals surface area contributed by atoms with Crippen LogP contribution in [0.2, 0.25) is 0 Å². The van der Waals surface area contributed by atoms with E-state index in [1.807, 2.05) is 19.2 Å². The summed E-state index contributed by atoms with van der Waals surface area (Å²) in [7, 11) is 1.72. The van der Waals surface area contributed by atoms with Crippen LogP contribution in [-0.4, -0.2) is 18.2 Å². The van der Waals surface area contributed by atoms with E-state index in [2.05, 4.69) is 22.1 Å². The molecule has 0 amide bonds. The Balaban J connectivity index is 0.000000791. The van der Waals surface area contributed by atoms with Crippen LogP contribution in [0, 0.1) is 0 Å². The Labute approximate surface area is 88.6 Å². The first-order valence-corrected chi connectivity index (χ1v) is 5.22. The molecule has 1 aromatic rings. The zero-order valence-electron chi connectivity index (χ0n) is 8.74. The third-order valence-corrected chi connectivity index (χ3v) is 1.87. The van der Waals surface area contributed by atoms with Gasteiger partial charge in [0.2, 0.25) is 0 Å². The normalized spacial score (nSPS) is 9.36. The van der Waals surface area contributed by atoms with Crippen LogP contribution in [-0.2, 0) is 0 Å². The third kappa shape index (κ3) is 4.04. The van der Waals surface area contributed by atoms with E-state index in [1.54, 1.807) is 13.3 Å². The Morgan fingerprint density at radius 1 is 1.71 bits per heavy atom. The highest BCUT2D eigenvalue weighted by Gasteiger charge is 1.99. The minimum absolute atomic E-state index is 0.545. The summed E-state index contributed by atoms with van der Waals surface area (Å²) < 4.78 is 0. The first-order chi connectivity index (χ1) is 6.74. The molecule has 4 nitrogen and oxygen atoms in total. The predicted octanol–water partition coefficient (Wildman–Crippen LogP) is 1.97. The van der Waals surface area contributed by atoms with E-state index in [0.29, 0.717) is 5.13 Å². The van der Waals surface area contributed by atoms with E-state index in [4.69, 9.17) is 5.73 Å². The Morgan fingerprint density at radius 2 is 2.36 bits per heavy atom. The van der Waals surface area contributed by atoms with Gasteiger partial charge in [-0.2, -0.15) is 5.10 Å². The minimum atomic E-state index is 0.545. The molecule has 0 saturated carbocycles. The van der Waals surface area contributed by atoms with Gasteiger partial charge in [-0.1, -0.05) is 20.4 Å². The molecule has 0 saturated heterocycles. The monoisotopic (exact) mass is 212 g/mol. The van der Waals surface area contributed by atoms with Crippen LogP contribution >= 0.6 is 11.3 Å². The van der Waals surface area contributed by atoms with Gasteiger partial charge in [0, 0.05) is 18.0 Å². The van der Waals surface area contributed by atoms with Gasteiger partial charge in [-0.25, -0.2) is 4.98 Å². The van der Waals surface area contributed by atoms with Crippen molar-refractivity contribution < 1.29 is 0 Å². The second kappa shape index (κ2) is 7.08. The average Bonchev–Trinajstić information content (AvgIpc) is 2.64. The van der Waals surface area contributed by atoms with Gasteiger partial charge < -0.3 is 11.2 Å². The maximum absolute atomic E-state index is 5.45. The Hall–Kier alpha value is -1.36. The molecule has 14 heavy (non-hydrogen) atoms. The molecule has 5 heteroatoms. The lowest BCUT2D eigenvalue weighted by molar-refractivity contribution is 0.909. The van der Waals surface area contributed by atoms with Gasteiger partial charge in [0.15, 0.2) is 5.13 Å². The number of allylic oxidation sites excluding steroid dienone is 1. The fourth-order valence-electron chi connectivity index (χ4n) is 0.644. The summed E-state index contributed by atoms with van der Waals surface area (Å²) in [6, 6.07) is 0. The van der Waals surface area contributed by atoms with Crippen molar-refractivity contribution in [2.75, 3.05) is 12.8 Å². The number of nitrogens with zero attached hydrogens (tertiary/aromatic N) is 2. The Morgan fingerprint density at radius 3 is 2.79 bits per heavy atom. The highest BCUT2D eigenvalue weighted by molar-refractivity contribution is 7.13. The number of aromatic nitrogens is 1. The van der Waals surface area contributed by atoms with Crippen molar-refractivity contribution in [3.8, 4) is 0 Å². The molecule has 0 atom stereocenters. The number of nitrogens with one attached hydrogen (secondary N) is 1. The van der Waals surface area contributed by atoms with Crippen LogP contribution in [0.25, 0.3) is 5.57 Å². The molecule has 0 aliphatic heterocycles. The molecule has 0 spiro atoms. The molecule has 0 aliphatic carbocycles. The lowest BCUT2D eigenvalue weighted by atomic mass is 10.3. The largest absolute Gasteiger partial charge is 0.375 e. The number of hydrogen-bond acceptors (Lipinski definition) is 5. The maximum atomic E-state index is 5.45. The van der Waals surface area contributed by atoms with Crippen LogP contribution in [0.15, 0.2) is 17.1 Å². The first-order valence-electron chi connectivity index (χ1n) is 4.34. The van der Waals surface area contributed by atoms with Crippen LogP contribution in [0.5, 0.6) is 0 Å². The summed E-state index contributed by atoms with van der Waals surface area (Å²) >= 11 is 1.39. The van der Waals surface area contributed by atoms with Crippen LogP contribution in [0.1, 0.15) is 19.5 Å². The summed E-state index contributed by atoms with van der Waals surface area (Å²) in [5.41, 5.74) is 9.60. The van der Waals surface area contributed by atoms with Gasteiger partial charge in [0.25, 0.3) is 0 Å². The second-order valence-corrected chi connectivity index (χ2v) is 2.97. The average molecular weight is 212 g/mol. The fraction of sp³-hybridized carbons (Fsp3) is 0.333. The fourth-order valence-corrected chi connectivity index (χ4v) is 1.23. The van der Waals surface area contributed by atoms with E-state index in [-0.39, 0.29) is 0 Å².